The van der Waals surface area contributed by atoms with Crippen LogP contribution in [0.4, 0.5) is 17.6 Å². The Bertz CT molecular complexity index is 932. The molecule has 3 N–H and O–H groups in total. The van der Waals surface area contributed by atoms with Gasteiger partial charge in [-0.05, 0) is 68.3 Å². The van der Waals surface area contributed by atoms with E-state index >= 15 is 0 Å². The van der Waals surface area contributed by atoms with E-state index in [-0.39, 0.29) is 23.3 Å². The van der Waals surface area contributed by atoms with E-state index < -0.39 is 23.7 Å². The molecule has 208 valence electrons. The second-order valence-electron chi connectivity index (χ2n) is 9.65. The lowest BCUT2D eigenvalue weighted by Crippen LogP contribution is -2.37. The number of hydrogen-bond acceptors (Lipinski definition) is 4. The lowest BCUT2D eigenvalue weighted by atomic mass is 9.83. The van der Waals surface area contributed by atoms with Gasteiger partial charge in [0.25, 0.3) is 0 Å². The van der Waals surface area contributed by atoms with Gasteiger partial charge in [-0.15, -0.1) is 0 Å². The smallest absolute Gasteiger partial charge is 0.392 e. The molecule has 1 heterocycles. The maximum absolute atomic E-state index is 14.3. The molecule has 3 atom stereocenters. The van der Waals surface area contributed by atoms with E-state index in [1.165, 1.54) is 6.07 Å². The van der Waals surface area contributed by atoms with Crippen molar-refractivity contribution >= 4 is 11.6 Å². The Hall–Kier alpha value is -2.26. The lowest BCUT2D eigenvalue weighted by Gasteiger charge is -2.25. The molecule has 2 fully saturated rings. The summed E-state index contributed by atoms with van der Waals surface area (Å²) >= 11 is 0. The minimum Gasteiger partial charge on any atom is -0.392 e. The second-order valence-corrected chi connectivity index (χ2v) is 9.65. The van der Waals surface area contributed by atoms with Crippen molar-refractivity contribution in [3.05, 3.63) is 46.8 Å². The van der Waals surface area contributed by atoms with Gasteiger partial charge in [-0.1, -0.05) is 39.3 Å². The van der Waals surface area contributed by atoms with Gasteiger partial charge in [0, 0.05) is 37.2 Å². The number of halogens is 4. The number of allylic oxidation sites excluding steroid dienone is 2. The fraction of sp³-hybridized carbons (Fsp3) is 0.643. The molecule has 0 spiro atoms. The number of unbranched alkanes of at least 4 members (excludes halogenated alkanes) is 1. The maximum atomic E-state index is 14.3. The van der Waals surface area contributed by atoms with Crippen LogP contribution in [-0.4, -0.2) is 53.9 Å². The van der Waals surface area contributed by atoms with Crippen LogP contribution >= 0.6 is 0 Å². The highest BCUT2D eigenvalue weighted by Crippen LogP contribution is 2.34. The number of aliphatic hydroxyl groups is 1. The standard InChI is InChI=1S/C26H35F4N3O2.C2H6/c1-2-3-4-17-13-18(5-8-24(17)31)25(35)32-11-9-21(34)16-33-12-10-19(15-33)22-7-6-20(14-23(22)27)26(28,29)30;1-2/h4,6-7,14,18-19,21,31,34H,2-3,5,8-13,15-16H2,1H3,(H,32,35);1-2H3/b17-4-,31-24?;. The van der Waals surface area contributed by atoms with Crippen molar-refractivity contribution in [2.45, 2.75) is 83.9 Å². The largest absolute Gasteiger partial charge is 0.416 e. The summed E-state index contributed by atoms with van der Waals surface area (Å²) in [6.07, 6.45) is 1.55. The summed E-state index contributed by atoms with van der Waals surface area (Å²) in [6, 6.07) is 2.68. The van der Waals surface area contributed by atoms with Gasteiger partial charge in [-0.3, -0.25) is 4.79 Å². The fourth-order valence-corrected chi connectivity index (χ4v) is 4.90. The van der Waals surface area contributed by atoms with Crippen LogP contribution in [0.5, 0.6) is 0 Å². The molecule has 3 unspecified atom stereocenters. The van der Waals surface area contributed by atoms with Gasteiger partial charge in [0.15, 0.2) is 0 Å². The molecule has 2 aliphatic rings. The van der Waals surface area contributed by atoms with E-state index in [1.54, 1.807) is 0 Å². The van der Waals surface area contributed by atoms with Gasteiger partial charge in [-0.25, -0.2) is 4.39 Å². The monoisotopic (exact) mass is 527 g/mol. The zero-order valence-electron chi connectivity index (χ0n) is 22.1. The number of rotatable bonds is 9. The minimum absolute atomic E-state index is 0.0499. The van der Waals surface area contributed by atoms with Crippen molar-refractivity contribution in [3.63, 3.8) is 0 Å². The summed E-state index contributed by atoms with van der Waals surface area (Å²) in [7, 11) is 0. The Balaban J connectivity index is 0.00000235. The van der Waals surface area contributed by atoms with Gasteiger partial charge < -0.3 is 20.7 Å². The fourth-order valence-electron chi connectivity index (χ4n) is 4.90. The molecular formula is C28H41F4N3O2. The maximum Gasteiger partial charge on any atom is 0.416 e. The van der Waals surface area contributed by atoms with Crippen LogP contribution in [0.15, 0.2) is 29.8 Å². The Morgan fingerprint density at radius 3 is 2.68 bits per heavy atom. The first kappa shape index (κ1) is 31.0. The van der Waals surface area contributed by atoms with E-state index in [2.05, 4.69) is 18.3 Å². The van der Waals surface area contributed by atoms with Gasteiger partial charge in [0.2, 0.25) is 5.91 Å². The third-order valence-electron chi connectivity index (χ3n) is 6.93. The number of nitrogens with one attached hydrogen (secondary N) is 2. The van der Waals surface area contributed by atoms with Crippen molar-refractivity contribution in [2.75, 3.05) is 26.2 Å². The van der Waals surface area contributed by atoms with Crippen LogP contribution in [0.2, 0.25) is 0 Å². The number of β-amino-alcohol motifs (C(OH)–C–C–N with tert-alkyl or cyclic N) is 1. The second kappa shape index (κ2) is 14.6. The summed E-state index contributed by atoms with van der Waals surface area (Å²) < 4.78 is 52.6. The lowest BCUT2D eigenvalue weighted by molar-refractivity contribution is -0.137. The van der Waals surface area contributed by atoms with Crippen molar-refractivity contribution in [2.24, 2.45) is 5.92 Å². The topological polar surface area (TPSA) is 76.4 Å². The predicted molar refractivity (Wildman–Crippen MR) is 138 cm³/mol. The van der Waals surface area contributed by atoms with E-state index in [0.717, 1.165) is 24.5 Å². The summed E-state index contributed by atoms with van der Waals surface area (Å²) in [4.78, 5) is 14.5. The molecule has 0 aromatic heterocycles. The van der Waals surface area contributed by atoms with E-state index in [9.17, 15) is 27.5 Å². The molecule has 5 nitrogen and oxygen atoms in total. The van der Waals surface area contributed by atoms with E-state index in [1.807, 2.05) is 18.7 Å². The number of benzene rings is 1. The number of carbonyl (C=O) groups excluding carboxylic acids is 1. The first-order valence-corrected chi connectivity index (χ1v) is 13.4. The van der Waals surface area contributed by atoms with Crippen molar-refractivity contribution in [1.29, 1.82) is 5.41 Å². The average molecular weight is 528 g/mol. The van der Waals surface area contributed by atoms with Crippen LogP contribution in [-0.2, 0) is 11.0 Å². The van der Waals surface area contributed by atoms with Crippen LogP contribution in [0.25, 0.3) is 0 Å². The summed E-state index contributed by atoms with van der Waals surface area (Å²) in [5, 5.41) is 21.4. The molecule has 0 bridgehead atoms. The number of carbonyl (C=O) groups is 1. The molecule has 37 heavy (non-hydrogen) atoms. The molecule has 1 amide bonds. The SMILES string of the molecule is CC.CCC/C=C1/CC(C(=O)NCCC(O)CN2CCC(c3ccc(C(F)(F)F)cc3F)C2)CCC1=N. The predicted octanol–water partition coefficient (Wildman–Crippen LogP) is 6.07. The van der Waals surface area contributed by atoms with Gasteiger partial charge in [-0.2, -0.15) is 13.2 Å². The normalized spacial score (nSPS) is 22.5. The number of nitrogens with zero attached hydrogens (tertiary/aromatic N) is 1. The highest BCUT2D eigenvalue weighted by Gasteiger charge is 2.33. The number of amides is 1. The van der Waals surface area contributed by atoms with Crippen LogP contribution in [0.3, 0.4) is 0 Å². The highest BCUT2D eigenvalue weighted by molar-refractivity contribution is 5.99. The molecule has 1 aliphatic heterocycles. The quantitative estimate of drug-likeness (QED) is 0.341. The molecular weight excluding hydrogens is 486 g/mol. The van der Waals surface area contributed by atoms with Crippen molar-refractivity contribution < 1.29 is 27.5 Å². The summed E-state index contributed by atoms with van der Waals surface area (Å²) in [5.74, 6) is -1.27. The molecule has 1 aromatic rings. The molecule has 1 aliphatic carbocycles. The summed E-state index contributed by atoms with van der Waals surface area (Å²) in [5.41, 5.74) is 0.866. The van der Waals surface area contributed by atoms with Crippen LogP contribution < -0.4 is 5.32 Å². The molecule has 3 rings (SSSR count). The highest BCUT2D eigenvalue weighted by atomic mass is 19.4. The Morgan fingerprint density at radius 1 is 1.30 bits per heavy atom. The number of hydrogen-bond donors (Lipinski definition) is 3. The average Bonchev–Trinajstić information content (AvgIpc) is 3.32. The van der Waals surface area contributed by atoms with E-state index in [4.69, 9.17) is 5.41 Å². The van der Waals surface area contributed by atoms with Crippen molar-refractivity contribution in [3.8, 4) is 0 Å². The Morgan fingerprint density at radius 2 is 2.03 bits per heavy atom. The molecule has 9 heteroatoms. The first-order valence-electron chi connectivity index (χ1n) is 13.4. The molecule has 1 aromatic carbocycles. The number of likely N-dealkylation sites (tertiary alicyclic amines) is 1. The Labute approximate surface area is 217 Å². The van der Waals surface area contributed by atoms with E-state index in [0.29, 0.717) is 70.1 Å². The third-order valence-corrected chi connectivity index (χ3v) is 6.93. The third kappa shape index (κ3) is 9.21. The zero-order chi connectivity index (χ0) is 27.6. The number of aliphatic hydroxyl groups excluding tert-OH is 1. The molecule has 1 saturated heterocycles. The van der Waals surface area contributed by atoms with Crippen molar-refractivity contribution in [1.82, 2.24) is 10.2 Å². The van der Waals surface area contributed by atoms with Gasteiger partial charge in [0.1, 0.15) is 5.82 Å². The molecule has 1 saturated carbocycles. The van der Waals surface area contributed by atoms with Gasteiger partial charge in [0.05, 0.1) is 11.7 Å². The molecule has 0 radical (unpaired) electrons. The minimum atomic E-state index is -4.57. The zero-order valence-corrected chi connectivity index (χ0v) is 22.1. The van der Waals surface area contributed by atoms with Gasteiger partial charge >= 0.3 is 6.18 Å². The number of alkyl halides is 3. The summed E-state index contributed by atoms with van der Waals surface area (Å²) in [6.45, 7) is 7.86. The first-order chi connectivity index (χ1) is 17.6. The van der Waals surface area contributed by atoms with Crippen LogP contribution in [0, 0.1) is 17.1 Å². The Kier molecular flexibility index (Phi) is 12.2. The van der Waals surface area contributed by atoms with Crippen LogP contribution in [0.1, 0.15) is 82.8 Å².